The van der Waals surface area contributed by atoms with Crippen molar-refractivity contribution < 1.29 is 4.74 Å². The molecule has 8 nitrogen and oxygen atoms in total. The van der Waals surface area contributed by atoms with Gasteiger partial charge in [0.1, 0.15) is 0 Å². The molecule has 2 aliphatic rings. The Kier molecular flexibility index (Phi) is 9.16. The van der Waals surface area contributed by atoms with Crippen LogP contribution in [-0.2, 0) is 4.74 Å². The van der Waals surface area contributed by atoms with E-state index in [4.69, 9.17) is 9.73 Å². The summed E-state index contributed by atoms with van der Waals surface area (Å²) in [6.07, 6.45) is 3.60. The molecule has 0 aliphatic carbocycles. The predicted octanol–water partition coefficient (Wildman–Crippen LogP) is 1.29. The lowest BCUT2D eigenvalue weighted by Gasteiger charge is -2.42. The highest BCUT2D eigenvalue weighted by molar-refractivity contribution is 14.0. The molecule has 158 valence electrons. The minimum atomic E-state index is 0. The van der Waals surface area contributed by atoms with E-state index >= 15 is 0 Å². The first kappa shape index (κ1) is 23.1. The second-order valence-corrected chi connectivity index (χ2v) is 7.61. The fraction of sp³-hybridized carbons (Fsp3) is 0.737. The molecule has 0 saturated carbocycles. The number of aliphatic imine (C=N–C) groups is 1. The number of anilines is 1. The molecule has 2 fully saturated rings. The summed E-state index contributed by atoms with van der Waals surface area (Å²) in [4.78, 5) is 20.7. The first-order valence-corrected chi connectivity index (χ1v) is 9.98. The van der Waals surface area contributed by atoms with Crippen molar-refractivity contribution in [2.45, 2.75) is 26.3 Å². The Morgan fingerprint density at radius 3 is 2.54 bits per heavy atom. The van der Waals surface area contributed by atoms with E-state index in [-0.39, 0.29) is 29.5 Å². The van der Waals surface area contributed by atoms with Crippen LogP contribution in [0, 0.1) is 0 Å². The SMILES string of the molecule is CCNC(=NCCN1CCOCC1(C)C)N1CCN(c2ncccn2)CC1.I. The summed E-state index contributed by atoms with van der Waals surface area (Å²) in [5.74, 6) is 1.82. The summed E-state index contributed by atoms with van der Waals surface area (Å²) in [6, 6.07) is 1.85. The number of piperazine rings is 1. The molecule has 1 aromatic rings. The van der Waals surface area contributed by atoms with Crippen molar-refractivity contribution >= 4 is 35.9 Å². The van der Waals surface area contributed by atoms with Crippen LogP contribution < -0.4 is 10.2 Å². The number of guanidine groups is 1. The Bertz CT molecular complexity index is 606. The van der Waals surface area contributed by atoms with Gasteiger partial charge in [-0.1, -0.05) is 0 Å². The molecule has 3 heterocycles. The first-order chi connectivity index (χ1) is 13.1. The van der Waals surface area contributed by atoms with E-state index in [0.29, 0.717) is 0 Å². The quantitative estimate of drug-likeness (QED) is 0.369. The number of hydrogen-bond acceptors (Lipinski definition) is 6. The zero-order chi connectivity index (χ0) is 19.1. The number of nitrogens with one attached hydrogen (secondary N) is 1. The molecule has 0 atom stereocenters. The van der Waals surface area contributed by atoms with Crippen molar-refractivity contribution in [1.29, 1.82) is 0 Å². The van der Waals surface area contributed by atoms with Crippen LogP contribution in [0.5, 0.6) is 0 Å². The van der Waals surface area contributed by atoms with Crippen molar-refractivity contribution in [2.24, 2.45) is 4.99 Å². The molecule has 2 saturated heterocycles. The average Bonchev–Trinajstić information content (AvgIpc) is 2.69. The lowest BCUT2D eigenvalue weighted by atomic mass is 10.0. The summed E-state index contributed by atoms with van der Waals surface area (Å²) in [7, 11) is 0. The van der Waals surface area contributed by atoms with E-state index in [0.717, 1.165) is 77.5 Å². The Morgan fingerprint density at radius 1 is 1.18 bits per heavy atom. The van der Waals surface area contributed by atoms with E-state index in [2.05, 4.69) is 50.8 Å². The van der Waals surface area contributed by atoms with Gasteiger partial charge >= 0.3 is 0 Å². The van der Waals surface area contributed by atoms with Gasteiger partial charge in [-0.3, -0.25) is 9.89 Å². The highest BCUT2D eigenvalue weighted by Gasteiger charge is 2.30. The van der Waals surface area contributed by atoms with Gasteiger partial charge < -0.3 is 19.9 Å². The standard InChI is InChI=1S/C19H33N7O.HI/c1-4-20-17(23-8-9-26-14-15-27-16-19(26,2)3)24-10-12-25(13-11-24)18-21-6-5-7-22-18;/h5-7H,4,8-16H2,1-3H3,(H,20,23);1H. The van der Waals surface area contributed by atoms with Gasteiger partial charge in [-0.15, -0.1) is 24.0 Å². The summed E-state index contributed by atoms with van der Waals surface area (Å²) in [5, 5.41) is 3.45. The van der Waals surface area contributed by atoms with Crippen LogP contribution in [-0.4, -0.2) is 96.8 Å². The van der Waals surface area contributed by atoms with Gasteiger partial charge in [-0.2, -0.15) is 0 Å². The van der Waals surface area contributed by atoms with Crippen LogP contribution in [0.1, 0.15) is 20.8 Å². The maximum absolute atomic E-state index is 5.61. The Balaban J connectivity index is 0.00000280. The lowest BCUT2D eigenvalue weighted by Crippen LogP contribution is -2.54. The molecular weight excluding hydrogens is 469 g/mol. The van der Waals surface area contributed by atoms with Gasteiger partial charge in [0.15, 0.2) is 5.96 Å². The van der Waals surface area contributed by atoms with Gasteiger partial charge in [0.05, 0.1) is 19.8 Å². The topological polar surface area (TPSA) is 69.1 Å². The van der Waals surface area contributed by atoms with Crippen molar-refractivity contribution in [1.82, 2.24) is 25.1 Å². The summed E-state index contributed by atoms with van der Waals surface area (Å²) in [6.45, 7) is 15.5. The van der Waals surface area contributed by atoms with Gasteiger partial charge in [-0.25, -0.2) is 9.97 Å². The zero-order valence-corrected chi connectivity index (χ0v) is 19.6. The monoisotopic (exact) mass is 503 g/mol. The van der Waals surface area contributed by atoms with Crippen molar-refractivity contribution in [3.63, 3.8) is 0 Å². The largest absolute Gasteiger partial charge is 0.378 e. The van der Waals surface area contributed by atoms with Crippen LogP contribution in [0.15, 0.2) is 23.5 Å². The van der Waals surface area contributed by atoms with E-state index in [1.165, 1.54) is 0 Å². The fourth-order valence-corrected chi connectivity index (χ4v) is 3.58. The van der Waals surface area contributed by atoms with Crippen LogP contribution in [0.2, 0.25) is 0 Å². The molecule has 3 rings (SSSR count). The average molecular weight is 503 g/mol. The maximum Gasteiger partial charge on any atom is 0.225 e. The predicted molar refractivity (Wildman–Crippen MR) is 124 cm³/mol. The van der Waals surface area contributed by atoms with Crippen molar-refractivity contribution in [3.8, 4) is 0 Å². The van der Waals surface area contributed by atoms with E-state index in [1.807, 2.05) is 6.07 Å². The number of morpholine rings is 1. The van der Waals surface area contributed by atoms with Crippen molar-refractivity contribution in [2.75, 3.05) is 70.5 Å². The maximum atomic E-state index is 5.61. The summed E-state index contributed by atoms with van der Waals surface area (Å²) in [5.41, 5.74) is 0.0907. The van der Waals surface area contributed by atoms with E-state index < -0.39 is 0 Å². The van der Waals surface area contributed by atoms with Gasteiger partial charge in [0.25, 0.3) is 0 Å². The molecule has 9 heteroatoms. The molecule has 0 amide bonds. The highest BCUT2D eigenvalue weighted by Crippen LogP contribution is 2.18. The van der Waals surface area contributed by atoms with E-state index in [1.54, 1.807) is 12.4 Å². The number of halogens is 1. The van der Waals surface area contributed by atoms with Crippen molar-refractivity contribution in [3.05, 3.63) is 18.5 Å². The van der Waals surface area contributed by atoms with Crippen LogP contribution >= 0.6 is 24.0 Å². The molecule has 1 N–H and O–H groups in total. The van der Waals surface area contributed by atoms with Gasteiger partial charge in [0.2, 0.25) is 5.95 Å². The minimum Gasteiger partial charge on any atom is -0.378 e. The molecule has 0 bridgehead atoms. The van der Waals surface area contributed by atoms with Gasteiger partial charge in [0, 0.05) is 63.7 Å². The third-order valence-electron chi connectivity index (χ3n) is 5.20. The second-order valence-electron chi connectivity index (χ2n) is 7.61. The minimum absolute atomic E-state index is 0. The van der Waals surface area contributed by atoms with E-state index in [9.17, 15) is 0 Å². The van der Waals surface area contributed by atoms with Gasteiger partial charge in [-0.05, 0) is 26.8 Å². The summed E-state index contributed by atoms with van der Waals surface area (Å²) < 4.78 is 5.61. The Morgan fingerprint density at radius 2 is 1.89 bits per heavy atom. The third kappa shape index (κ3) is 6.15. The zero-order valence-electron chi connectivity index (χ0n) is 17.3. The molecule has 0 aromatic carbocycles. The highest BCUT2D eigenvalue weighted by atomic mass is 127. The third-order valence-corrected chi connectivity index (χ3v) is 5.20. The second kappa shape index (κ2) is 11.1. The number of hydrogen-bond donors (Lipinski definition) is 1. The Hall–Kier alpha value is -1.20. The first-order valence-electron chi connectivity index (χ1n) is 9.98. The molecule has 2 aliphatic heterocycles. The van der Waals surface area contributed by atoms with Crippen LogP contribution in [0.3, 0.4) is 0 Å². The molecule has 0 unspecified atom stereocenters. The van der Waals surface area contributed by atoms with Crippen LogP contribution in [0.4, 0.5) is 5.95 Å². The summed E-state index contributed by atoms with van der Waals surface area (Å²) >= 11 is 0. The number of nitrogens with zero attached hydrogens (tertiary/aromatic N) is 6. The molecular formula is C19H34IN7O. The molecule has 0 spiro atoms. The fourth-order valence-electron chi connectivity index (χ4n) is 3.58. The number of aromatic nitrogens is 2. The normalized spacial score (nSPS) is 20.6. The smallest absolute Gasteiger partial charge is 0.225 e. The number of rotatable bonds is 5. The molecule has 0 radical (unpaired) electrons. The molecule has 1 aromatic heterocycles. The Labute approximate surface area is 185 Å². The molecule has 28 heavy (non-hydrogen) atoms. The van der Waals surface area contributed by atoms with Crippen LogP contribution in [0.25, 0.3) is 0 Å². The lowest BCUT2D eigenvalue weighted by molar-refractivity contribution is -0.0491. The number of ether oxygens (including phenoxy) is 1.